The zero-order chi connectivity index (χ0) is 27.5. The summed E-state index contributed by atoms with van der Waals surface area (Å²) in [7, 11) is 0. The van der Waals surface area contributed by atoms with Gasteiger partial charge in [-0.2, -0.15) is 12.6 Å². The Morgan fingerprint density at radius 1 is 1.08 bits per heavy atom. The molecule has 7 nitrogen and oxygen atoms in total. The van der Waals surface area contributed by atoms with Crippen LogP contribution >= 0.6 is 12.6 Å². The van der Waals surface area contributed by atoms with Crippen molar-refractivity contribution in [1.29, 1.82) is 0 Å². The average Bonchev–Trinajstić information content (AvgIpc) is 3.50. The van der Waals surface area contributed by atoms with Crippen LogP contribution in [0.4, 0.5) is 10.5 Å². The van der Waals surface area contributed by atoms with Crippen LogP contribution in [0.1, 0.15) is 62.4 Å². The zero-order valence-corrected chi connectivity index (χ0v) is 23.7. The highest BCUT2D eigenvalue weighted by atomic mass is 32.1. The van der Waals surface area contributed by atoms with Crippen LogP contribution in [0.2, 0.25) is 0 Å². The van der Waals surface area contributed by atoms with E-state index in [0.29, 0.717) is 5.69 Å². The monoisotopic (exact) mass is 525 g/mol. The van der Waals surface area contributed by atoms with Gasteiger partial charge < -0.3 is 20.3 Å². The molecule has 8 heteroatoms. The number of thiol groups is 1. The number of hydrogen-bond acceptors (Lipinski definition) is 5. The molecule has 0 heterocycles. The van der Waals surface area contributed by atoms with Gasteiger partial charge in [-0.05, 0) is 71.1 Å². The van der Waals surface area contributed by atoms with E-state index in [1.807, 2.05) is 63.2 Å². The Bertz CT molecular complexity index is 1140. The van der Waals surface area contributed by atoms with Gasteiger partial charge in [0, 0.05) is 17.5 Å². The molecule has 3 rings (SSSR count). The standard InChI is InChI=1S/C29H39N3O4S/c1-17-12-18(2)14-21(13-17)25(26(33)30-22-11-9-8-10-19(22)3)32(24-15-20(24)4)27(34)23(16-37)31-28(35)36-29(5,6)7/h8-14,20,23-25,37H,15-16H2,1-7H3,(H,30,33)(H,31,35). The van der Waals surface area contributed by atoms with E-state index in [0.717, 1.165) is 28.7 Å². The molecule has 2 aromatic carbocycles. The predicted octanol–water partition coefficient (Wildman–Crippen LogP) is 5.35. The number of nitrogens with zero attached hydrogens (tertiary/aromatic N) is 1. The molecule has 1 aliphatic carbocycles. The third kappa shape index (κ3) is 7.51. The highest BCUT2D eigenvalue weighted by Gasteiger charge is 2.48. The first kappa shape index (κ1) is 28.6. The van der Waals surface area contributed by atoms with Crippen LogP contribution in [0.25, 0.3) is 0 Å². The van der Waals surface area contributed by atoms with E-state index in [1.54, 1.807) is 25.7 Å². The summed E-state index contributed by atoms with van der Waals surface area (Å²) in [5.74, 6) is -0.374. The number of nitrogens with one attached hydrogen (secondary N) is 2. The maximum atomic E-state index is 14.0. The van der Waals surface area contributed by atoms with Gasteiger partial charge in [0.25, 0.3) is 5.91 Å². The Morgan fingerprint density at radius 2 is 1.68 bits per heavy atom. The number of alkyl carbamates (subject to hydrolysis) is 1. The van der Waals surface area contributed by atoms with Crippen LogP contribution in [-0.4, -0.2) is 46.2 Å². The van der Waals surface area contributed by atoms with Crippen molar-refractivity contribution in [1.82, 2.24) is 10.2 Å². The van der Waals surface area contributed by atoms with E-state index in [2.05, 4.69) is 30.2 Å². The lowest BCUT2D eigenvalue weighted by Gasteiger charge is -2.35. The van der Waals surface area contributed by atoms with Crippen LogP contribution in [0.5, 0.6) is 0 Å². The minimum Gasteiger partial charge on any atom is -0.444 e. The normalized spacial score (nSPS) is 18.4. The maximum absolute atomic E-state index is 14.0. The van der Waals surface area contributed by atoms with E-state index in [-0.39, 0.29) is 29.5 Å². The summed E-state index contributed by atoms with van der Waals surface area (Å²) in [5.41, 5.74) is 3.62. The summed E-state index contributed by atoms with van der Waals surface area (Å²) in [4.78, 5) is 42.2. The average molecular weight is 526 g/mol. The molecule has 0 spiro atoms. The smallest absolute Gasteiger partial charge is 0.408 e. The fraction of sp³-hybridized carbons (Fsp3) is 0.483. The van der Waals surface area contributed by atoms with E-state index in [1.165, 1.54) is 0 Å². The first-order chi connectivity index (χ1) is 17.3. The van der Waals surface area contributed by atoms with Crippen molar-refractivity contribution in [2.75, 3.05) is 11.1 Å². The van der Waals surface area contributed by atoms with Gasteiger partial charge in [-0.1, -0.05) is 54.4 Å². The first-order valence-corrected chi connectivity index (χ1v) is 13.3. The maximum Gasteiger partial charge on any atom is 0.408 e. The van der Waals surface area contributed by atoms with Gasteiger partial charge in [0.15, 0.2) is 0 Å². The van der Waals surface area contributed by atoms with Gasteiger partial charge in [-0.25, -0.2) is 4.79 Å². The lowest BCUT2D eigenvalue weighted by atomic mass is 9.98. The number of para-hydroxylation sites is 1. The zero-order valence-electron chi connectivity index (χ0n) is 22.8. The van der Waals surface area contributed by atoms with Gasteiger partial charge in [0.2, 0.25) is 5.91 Å². The van der Waals surface area contributed by atoms with Crippen molar-refractivity contribution >= 4 is 36.2 Å². The third-order valence-electron chi connectivity index (χ3n) is 6.34. The van der Waals surface area contributed by atoms with Crippen molar-refractivity contribution < 1.29 is 19.1 Å². The predicted molar refractivity (Wildman–Crippen MR) is 150 cm³/mol. The number of aryl methyl sites for hydroxylation is 3. The van der Waals surface area contributed by atoms with Crippen LogP contribution in [-0.2, 0) is 14.3 Å². The summed E-state index contributed by atoms with van der Waals surface area (Å²) >= 11 is 4.36. The second-order valence-electron chi connectivity index (χ2n) is 11.0. The molecule has 0 saturated heterocycles. The fourth-order valence-electron chi connectivity index (χ4n) is 4.51. The summed E-state index contributed by atoms with van der Waals surface area (Å²) in [6.45, 7) is 13.2. The summed E-state index contributed by atoms with van der Waals surface area (Å²) in [5, 5.41) is 5.71. The number of rotatable bonds is 8. The SMILES string of the molecule is Cc1cc(C)cc(C(C(=O)Nc2ccccc2C)N(C(=O)C(CS)NC(=O)OC(C)(C)C)C2CC2C)c1. The lowest BCUT2D eigenvalue weighted by Crippen LogP contribution is -2.54. The van der Waals surface area contributed by atoms with Gasteiger partial charge >= 0.3 is 6.09 Å². The summed E-state index contributed by atoms with van der Waals surface area (Å²) < 4.78 is 5.38. The van der Waals surface area contributed by atoms with Crippen LogP contribution in [0.15, 0.2) is 42.5 Å². The van der Waals surface area contributed by atoms with Gasteiger partial charge in [0.05, 0.1) is 0 Å². The van der Waals surface area contributed by atoms with E-state index >= 15 is 0 Å². The molecular weight excluding hydrogens is 486 g/mol. The number of hydrogen-bond donors (Lipinski definition) is 3. The van der Waals surface area contributed by atoms with Crippen LogP contribution in [0, 0.1) is 26.7 Å². The Balaban J connectivity index is 2.02. The molecule has 2 N–H and O–H groups in total. The number of carbonyl (C=O) groups is 3. The second kappa shape index (κ2) is 11.6. The molecule has 3 amide bonds. The molecule has 1 saturated carbocycles. The molecule has 0 bridgehead atoms. The van der Waals surface area contributed by atoms with Crippen molar-refractivity contribution in [3.63, 3.8) is 0 Å². The van der Waals surface area contributed by atoms with Crippen LogP contribution in [0.3, 0.4) is 0 Å². The highest BCUT2D eigenvalue weighted by Crippen LogP contribution is 2.41. The Morgan fingerprint density at radius 3 is 2.19 bits per heavy atom. The number of anilines is 1. The lowest BCUT2D eigenvalue weighted by molar-refractivity contribution is -0.141. The van der Waals surface area contributed by atoms with E-state index in [9.17, 15) is 14.4 Å². The fourth-order valence-corrected chi connectivity index (χ4v) is 4.76. The van der Waals surface area contributed by atoms with E-state index < -0.39 is 23.8 Å². The number of ether oxygens (including phenoxy) is 1. The third-order valence-corrected chi connectivity index (χ3v) is 6.70. The molecule has 4 atom stereocenters. The van der Waals surface area contributed by atoms with Gasteiger partial charge in [0.1, 0.15) is 17.7 Å². The van der Waals surface area contributed by atoms with Crippen molar-refractivity contribution in [3.05, 3.63) is 64.7 Å². The Labute approximate surface area is 225 Å². The summed E-state index contributed by atoms with van der Waals surface area (Å²) in [6, 6.07) is 11.5. The molecule has 0 radical (unpaired) electrons. The molecular formula is C29H39N3O4S. The largest absolute Gasteiger partial charge is 0.444 e. The molecule has 1 aliphatic rings. The molecule has 4 unspecified atom stereocenters. The van der Waals surface area contributed by atoms with Crippen molar-refractivity contribution in [2.24, 2.45) is 5.92 Å². The highest BCUT2D eigenvalue weighted by molar-refractivity contribution is 7.80. The quantitative estimate of drug-likeness (QED) is 0.406. The number of carbonyl (C=O) groups excluding carboxylic acids is 3. The molecule has 2 aromatic rings. The van der Waals surface area contributed by atoms with Gasteiger partial charge in [-0.3, -0.25) is 9.59 Å². The number of amides is 3. The second-order valence-corrected chi connectivity index (χ2v) is 11.4. The minimum absolute atomic E-state index is 0.0641. The first-order valence-electron chi connectivity index (χ1n) is 12.7. The topological polar surface area (TPSA) is 87.7 Å². The number of benzene rings is 2. The minimum atomic E-state index is -0.953. The van der Waals surface area contributed by atoms with Crippen molar-refractivity contribution in [2.45, 2.75) is 78.6 Å². The molecule has 0 aromatic heterocycles. The molecule has 0 aliphatic heterocycles. The van der Waals surface area contributed by atoms with Crippen LogP contribution < -0.4 is 10.6 Å². The molecule has 200 valence electrons. The van der Waals surface area contributed by atoms with Crippen molar-refractivity contribution in [3.8, 4) is 0 Å². The van der Waals surface area contributed by atoms with E-state index in [4.69, 9.17) is 4.74 Å². The summed E-state index contributed by atoms with van der Waals surface area (Å²) in [6.07, 6.45) is 0.0761. The van der Waals surface area contributed by atoms with Gasteiger partial charge in [-0.15, -0.1) is 0 Å². The Kier molecular flexibility index (Phi) is 8.95. The molecule has 1 fully saturated rings. The molecule has 37 heavy (non-hydrogen) atoms. The Hall–Kier alpha value is -3.00.